The zero-order chi connectivity index (χ0) is 33.4. The maximum absolute atomic E-state index is 14.6. The first-order valence-electron chi connectivity index (χ1n) is 15.8. The lowest BCUT2D eigenvalue weighted by Gasteiger charge is -2.17. The number of thioether (sulfide) groups is 1. The fraction of sp³-hybridized carbons (Fsp3) is 0.583. The van der Waals surface area contributed by atoms with E-state index in [-0.39, 0.29) is 51.8 Å². The molecule has 194 valence electrons. The van der Waals surface area contributed by atoms with Gasteiger partial charge in [0.1, 0.15) is 18.0 Å². The van der Waals surface area contributed by atoms with E-state index in [4.69, 9.17) is 17.1 Å². The molecule has 1 aromatic carbocycles. The lowest BCUT2D eigenvalue weighted by atomic mass is 10.1. The van der Waals surface area contributed by atoms with Gasteiger partial charge in [0.2, 0.25) is 0 Å². The van der Waals surface area contributed by atoms with E-state index in [1.54, 1.807) is 0 Å². The molecule has 2 heterocycles. The Morgan fingerprint density at radius 3 is 2.92 bits per heavy atom. The van der Waals surface area contributed by atoms with Crippen LogP contribution in [0.1, 0.15) is 61.6 Å². The number of benzene rings is 1. The largest absolute Gasteiger partial charge is 0.394 e. The van der Waals surface area contributed by atoms with Crippen molar-refractivity contribution in [1.29, 1.82) is 0 Å². The normalized spacial score (nSPS) is 32.4. The minimum Gasteiger partial charge on any atom is -0.394 e. The van der Waals surface area contributed by atoms with Crippen LogP contribution in [0, 0.1) is 12.7 Å². The minimum absolute atomic E-state index is 0.0220. The maximum Gasteiger partial charge on any atom is 0.191 e. The molecular formula is C24H31FN6O4S. The van der Waals surface area contributed by atoms with Crippen LogP contribution in [0.25, 0.3) is 11.2 Å². The van der Waals surface area contributed by atoms with Crippen molar-refractivity contribution >= 4 is 28.7 Å². The van der Waals surface area contributed by atoms with Crippen molar-refractivity contribution in [2.75, 3.05) is 24.2 Å². The number of hydrogen-bond acceptors (Lipinski definition) is 10. The summed E-state index contributed by atoms with van der Waals surface area (Å²) in [5.41, 5.74) is -2.52. The van der Waals surface area contributed by atoms with Gasteiger partial charge in [-0.2, -0.15) is 0 Å². The highest BCUT2D eigenvalue weighted by molar-refractivity contribution is 7.99. The van der Waals surface area contributed by atoms with E-state index >= 15 is 0 Å². The lowest BCUT2D eigenvalue weighted by Crippen LogP contribution is -2.33. The van der Waals surface area contributed by atoms with Crippen LogP contribution in [-0.4, -0.2) is 83.5 Å². The van der Waals surface area contributed by atoms with Gasteiger partial charge in [0.05, 0.1) is 32.2 Å². The van der Waals surface area contributed by atoms with Crippen LogP contribution in [0.5, 0.6) is 0 Å². The third-order valence-electron chi connectivity index (χ3n) is 6.26. The van der Waals surface area contributed by atoms with Crippen LogP contribution in [0.4, 0.5) is 10.2 Å². The second-order valence-electron chi connectivity index (χ2n) is 8.63. The van der Waals surface area contributed by atoms with Crippen molar-refractivity contribution in [3.63, 3.8) is 0 Å². The van der Waals surface area contributed by atoms with Crippen molar-refractivity contribution in [3.8, 4) is 0 Å². The fourth-order valence-corrected chi connectivity index (χ4v) is 4.75. The Labute approximate surface area is 224 Å². The standard InChI is InChI=1S/C24H31FN6O4S/c1-3-8-36-24-27-22(26-16-10-14(16)13-5-4-12(2)15(25)9-13)19-23(28-24)31(30-29-19)17-11-18(35-7-6-32)21(34)20(17)33/h4-5,9,14,16-18,20-21,32-34H,3,6-8,10-11H2,1-2H3,(H,26,27,28)/t14-,16+,17+,18-,20-,21+/m0/s1/i3D2,4D,5D,6D2,8D2,9D. The quantitative estimate of drug-likeness (QED) is 0.229. The Morgan fingerprint density at radius 2 is 2.14 bits per heavy atom. The van der Waals surface area contributed by atoms with Crippen molar-refractivity contribution in [2.24, 2.45) is 0 Å². The Hall–Kier alpha value is -2.38. The van der Waals surface area contributed by atoms with Crippen molar-refractivity contribution < 1.29 is 36.8 Å². The molecule has 0 radical (unpaired) electrons. The third kappa shape index (κ3) is 4.92. The van der Waals surface area contributed by atoms with Gasteiger partial charge in [-0.05, 0) is 36.9 Å². The molecule has 36 heavy (non-hydrogen) atoms. The average Bonchev–Trinajstić information content (AvgIpc) is 3.44. The number of halogens is 1. The van der Waals surface area contributed by atoms with E-state index < -0.39 is 73.4 Å². The number of hydrogen-bond donors (Lipinski definition) is 4. The number of aliphatic hydroxyl groups excluding tert-OH is 2. The van der Waals surface area contributed by atoms with Crippen LogP contribution in [-0.2, 0) is 4.74 Å². The van der Waals surface area contributed by atoms with Crippen LogP contribution in [0.15, 0.2) is 23.3 Å². The van der Waals surface area contributed by atoms with E-state index in [0.717, 1.165) is 6.92 Å². The lowest BCUT2D eigenvalue weighted by molar-refractivity contribution is -0.0629. The molecule has 0 aliphatic heterocycles. The molecule has 0 amide bonds. The Bertz CT molecular complexity index is 1600. The predicted octanol–water partition coefficient (Wildman–Crippen LogP) is 2.18. The van der Waals surface area contributed by atoms with Gasteiger partial charge >= 0.3 is 0 Å². The SMILES string of the molecule is [2H]c1c([2H])c([C@@H]2C[C@H]2Nc2nc(SC([2H])([2H])C([2H])([2H])C)nc3c2nnn3[C@@H]2C[C@H](OCC([2H])([2H])O)[C@@H](O)[C@H]2O)c([2H])c(F)c1C. The monoisotopic (exact) mass is 527 g/mol. The van der Waals surface area contributed by atoms with Gasteiger partial charge in [-0.1, -0.05) is 36.0 Å². The molecule has 10 nitrogen and oxygen atoms in total. The summed E-state index contributed by atoms with van der Waals surface area (Å²) in [4.78, 5) is 8.70. The summed E-state index contributed by atoms with van der Waals surface area (Å²) in [6.07, 6.45) is -6.15. The Balaban J connectivity index is 1.51. The van der Waals surface area contributed by atoms with Gasteiger partial charge in [0.25, 0.3) is 0 Å². The molecule has 3 aromatic rings. The summed E-state index contributed by atoms with van der Waals surface area (Å²) in [6.45, 7) is -1.06. The van der Waals surface area contributed by atoms with Crippen LogP contribution < -0.4 is 5.32 Å². The first-order chi connectivity index (χ1) is 20.7. The molecule has 2 fully saturated rings. The Kier molecular flexibility index (Phi) is 4.82. The van der Waals surface area contributed by atoms with E-state index in [1.807, 2.05) is 0 Å². The van der Waals surface area contributed by atoms with E-state index in [2.05, 4.69) is 25.6 Å². The highest BCUT2D eigenvalue weighted by atomic mass is 32.2. The third-order valence-corrected chi connectivity index (χ3v) is 6.94. The second-order valence-corrected chi connectivity index (χ2v) is 9.40. The highest BCUT2D eigenvalue weighted by Gasteiger charge is 2.45. The molecule has 2 saturated carbocycles. The second kappa shape index (κ2) is 10.5. The molecule has 2 aliphatic rings. The van der Waals surface area contributed by atoms with Gasteiger partial charge in [-0.25, -0.2) is 19.0 Å². The molecule has 2 aromatic heterocycles. The first kappa shape index (κ1) is 16.5. The summed E-state index contributed by atoms with van der Waals surface area (Å²) in [6, 6.07) is -2.57. The minimum atomic E-state index is -2.68. The van der Waals surface area contributed by atoms with Crippen LogP contribution in [0.3, 0.4) is 0 Å². The highest BCUT2D eigenvalue weighted by Crippen LogP contribution is 2.44. The Morgan fingerprint density at radius 1 is 1.31 bits per heavy atom. The summed E-state index contributed by atoms with van der Waals surface area (Å²) in [7, 11) is 0. The molecular weight excluding hydrogens is 487 g/mol. The van der Waals surface area contributed by atoms with Gasteiger partial charge in [-0.3, -0.25) is 0 Å². The van der Waals surface area contributed by atoms with Gasteiger partial charge < -0.3 is 25.4 Å². The van der Waals surface area contributed by atoms with Gasteiger partial charge in [0.15, 0.2) is 22.1 Å². The number of rotatable bonds is 10. The smallest absolute Gasteiger partial charge is 0.191 e. The molecule has 5 rings (SSSR count). The summed E-state index contributed by atoms with van der Waals surface area (Å²) in [5.74, 6) is -1.39. The molecule has 0 saturated heterocycles. The van der Waals surface area contributed by atoms with Crippen molar-refractivity contribution in [1.82, 2.24) is 25.0 Å². The number of aromatic nitrogens is 5. The average molecular weight is 528 g/mol. The fourth-order valence-electron chi connectivity index (χ4n) is 4.29. The van der Waals surface area contributed by atoms with Crippen molar-refractivity contribution in [3.05, 3.63) is 35.1 Å². The van der Waals surface area contributed by atoms with E-state index in [0.29, 0.717) is 18.2 Å². The number of aliphatic hydroxyl groups is 3. The van der Waals surface area contributed by atoms with E-state index in [1.165, 1.54) is 11.6 Å². The topological polar surface area (TPSA) is 138 Å². The first-order valence-corrected chi connectivity index (χ1v) is 12.1. The number of ether oxygens (including phenoxy) is 1. The number of anilines is 1. The van der Waals surface area contributed by atoms with Crippen molar-refractivity contribution in [2.45, 2.75) is 74.5 Å². The maximum atomic E-state index is 14.6. The predicted molar refractivity (Wildman–Crippen MR) is 133 cm³/mol. The molecule has 0 unspecified atom stereocenters. The molecule has 12 heteroatoms. The summed E-state index contributed by atoms with van der Waals surface area (Å²) in [5, 5.41) is 41.8. The molecule has 2 aliphatic carbocycles. The number of nitrogens with zero attached hydrogens (tertiary/aromatic N) is 5. The molecule has 6 atom stereocenters. The van der Waals surface area contributed by atoms with Crippen LogP contribution >= 0.6 is 11.8 Å². The molecule has 0 spiro atoms. The number of nitrogens with one attached hydrogen (secondary N) is 1. The van der Waals surface area contributed by atoms with E-state index in [9.17, 15) is 19.7 Å². The molecule has 4 N–H and O–H groups in total. The summed E-state index contributed by atoms with van der Waals surface area (Å²) >= 11 is 0.391. The van der Waals surface area contributed by atoms with Gasteiger partial charge in [-0.15, -0.1) is 5.10 Å². The van der Waals surface area contributed by atoms with Crippen LogP contribution in [0.2, 0.25) is 0 Å². The molecule has 0 bridgehead atoms. The summed E-state index contributed by atoms with van der Waals surface area (Å²) < 4.78 is 92.5. The van der Waals surface area contributed by atoms with Gasteiger partial charge in [0, 0.05) is 29.6 Å². The zero-order valence-corrected chi connectivity index (χ0v) is 20.2. The number of fused-ring (bicyclic) bond motifs is 1. The zero-order valence-electron chi connectivity index (χ0n) is 28.4.